The number of methoxy groups -OCH3 is 1. The Balaban J connectivity index is 1.71. The largest absolute Gasteiger partial charge is 0.497 e. The van der Waals surface area contributed by atoms with Crippen LogP contribution in [-0.2, 0) is 21.2 Å². The fourth-order valence-corrected chi connectivity index (χ4v) is 5.30. The van der Waals surface area contributed by atoms with Gasteiger partial charge in [-0.2, -0.15) is 5.10 Å². The average Bonchev–Trinajstić information content (AvgIpc) is 3.19. The van der Waals surface area contributed by atoms with Gasteiger partial charge in [0, 0.05) is 30.9 Å². The molecule has 8 heteroatoms. The first-order valence-electron chi connectivity index (χ1n) is 9.52. The van der Waals surface area contributed by atoms with E-state index in [-0.39, 0.29) is 23.5 Å². The number of amides is 1. The molecular weight excluding hydrogens is 390 g/mol. The topological polar surface area (TPSA) is 81.5 Å². The fourth-order valence-electron chi connectivity index (χ4n) is 3.60. The van der Waals surface area contributed by atoms with Crippen molar-refractivity contribution in [1.29, 1.82) is 0 Å². The molecule has 0 N–H and O–H groups in total. The minimum atomic E-state index is -2.98. The van der Waals surface area contributed by atoms with Crippen LogP contribution < -0.4 is 4.74 Å². The highest BCUT2D eigenvalue weighted by atomic mass is 32.2. The van der Waals surface area contributed by atoms with Gasteiger partial charge in [-0.15, -0.1) is 0 Å². The molecule has 7 nitrogen and oxygen atoms in total. The first-order valence-corrected chi connectivity index (χ1v) is 11.3. The molecule has 1 fully saturated rings. The second-order valence-corrected chi connectivity index (χ2v) is 9.68. The van der Waals surface area contributed by atoms with E-state index in [1.165, 1.54) is 6.08 Å². The van der Waals surface area contributed by atoms with Crippen molar-refractivity contribution >= 4 is 21.8 Å². The van der Waals surface area contributed by atoms with Crippen molar-refractivity contribution in [2.45, 2.75) is 32.9 Å². The molecule has 2 heterocycles. The van der Waals surface area contributed by atoms with Crippen LogP contribution in [0.1, 0.15) is 35.0 Å². The summed E-state index contributed by atoms with van der Waals surface area (Å²) in [7, 11) is 0.367. The van der Waals surface area contributed by atoms with Gasteiger partial charge in [-0.05, 0) is 44.0 Å². The number of carbonyl (C=O) groups excluding carboxylic acids is 1. The van der Waals surface area contributed by atoms with E-state index in [0.29, 0.717) is 13.0 Å². The van der Waals surface area contributed by atoms with E-state index in [1.54, 1.807) is 25.1 Å². The summed E-state index contributed by atoms with van der Waals surface area (Å²) in [6.45, 7) is 4.25. The van der Waals surface area contributed by atoms with E-state index in [2.05, 4.69) is 5.10 Å². The van der Waals surface area contributed by atoms with Crippen molar-refractivity contribution in [3.8, 4) is 5.75 Å². The number of carbonyl (C=O) groups is 1. The summed E-state index contributed by atoms with van der Waals surface area (Å²) in [5.41, 5.74) is 3.58. The highest BCUT2D eigenvalue weighted by Gasteiger charge is 2.31. The SMILES string of the molecule is COc1cccc(/C=C/C(=O)N(C)Cc2c(C)nn([C@@H]3CCS(=O)(=O)C3)c2C)c1. The monoisotopic (exact) mass is 417 g/mol. The smallest absolute Gasteiger partial charge is 0.246 e. The van der Waals surface area contributed by atoms with Gasteiger partial charge in [0.1, 0.15) is 5.75 Å². The molecule has 1 atom stereocenters. The molecule has 0 bridgehead atoms. The molecule has 0 unspecified atom stereocenters. The molecule has 1 saturated heterocycles. The van der Waals surface area contributed by atoms with Gasteiger partial charge in [-0.25, -0.2) is 8.42 Å². The molecule has 1 aromatic heterocycles. The maximum Gasteiger partial charge on any atom is 0.246 e. The van der Waals surface area contributed by atoms with E-state index in [1.807, 2.05) is 42.8 Å². The summed E-state index contributed by atoms with van der Waals surface area (Å²) in [5, 5.41) is 4.57. The van der Waals surface area contributed by atoms with Gasteiger partial charge in [0.25, 0.3) is 0 Å². The second kappa shape index (κ2) is 8.41. The summed E-state index contributed by atoms with van der Waals surface area (Å²) in [6, 6.07) is 7.36. The van der Waals surface area contributed by atoms with Gasteiger partial charge >= 0.3 is 0 Å². The number of hydrogen-bond acceptors (Lipinski definition) is 5. The number of aryl methyl sites for hydroxylation is 1. The number of ether oxygens (including phenoxy) is 1. The Bertz CT molecular complexity index is 1040. The Morgan fingerprint density at radius 2 is 2.14 bits per heavy atom. The Morgan fingerprint density at radius 1 is 1.38 bits per heavy atom. The Kier molecular flexibility index (Phi) is 6.12. The zero-order chi connectivity index (χ0) is 21.2. The van der Waals surface area contributed by atoms with Crippen molar-refractivity contribution in [3.63, 3.8) is 0 Å². The normalized spacial score (nSPS) is 18.3. The molecule has 0 spiro atoms. The zero-order valence-electron chi connectivity index (χ0n) is 17.3. The molecule has 1 aliphatic rings. The van der Waals surface area contributed by atoms with Gasteiger partial charge in [-0.1, -0.05) is 12.1 Å². The average molecular weight is 418 g/mol. The molecule has 0 saturated carbocycles. The van der Waals surface area contributed by atoms with E-state index < -0.39 is 9.84 Å². The van der Waals surface area contributed by atoms with Crippen molar-refractivity contribution in [2.75, 3.05) is 25.7 Å². The second-order valence-electron chi connectivity index (χ2n) is 7.46. The van der Waals surface area contributed by atoms with Crippen LogP contribution in [0.4, 0.5) is 0 Å². The zero-order valence-corrected chi connectivity index (χ0v) is 18.1. The predicted molar refractivity (Wildman–Crippen MR) is 113 cm³/mol. The molecule has 0 aliphatic carbocycles. The third kappa shape index (κ3) is 4.87. The van der Waals surface area contributed by atoms with Crippen LogP contribution in [0.15, 0.2) is 30.3 Å². The number of hydrogen-bond donors (Lipinski definition) is 0. The summed E-state index contributed by atoms with van der Waals surface area (Å²) in [4.78, 5) is 14.2. The van der Waals surface area contributed by atoms with Gasteiger partial charge < -0.3 is 9.64 Å². The molecule has 1 aliphatic heterocycles. The number of likely N-dealkylation sites (N-methyl/N-ethyl adjacent to an activating group) is 1. The number of nitrogens with zero attached hydrogens (tertiary/aromatic N) is 3. The predicted octanol–water partition coefficient (Wildman–Crippen LogP) is 2.54. The van der Waals surface area contributed by atoms with Crippen molar-refractivity contribution in [1.82, 2.24) is 14.7 Å². The Hall–Kier alpha value is -2.61. The van der Waals surface area contributed by atoms with Gasteiger partial charge in [0.15, 0.2) is 9.84 Å². The molecule has 156 valence electrons. The quantitative estimate of drug-likeness (QED) is 0.675. The maximum absolute atomic E-state index is 12.5. The minimum Gasteiger partial charge on any atom is -0.497 e. The fraction of sp³-hybridized carbons (Fsp3) is 0.429. The molecule has 3 rings (SSSR count). The van der Waals surface area contributed by atoms with Crippen LogP contribution in [0.2, 0.25) is 0 Å². The van der Waals surface area contributed by atoms with Gasteiger partial charge in [0.05, 0.1) is 30.4 Å². The van der Waals surface area contributed by atoms with Crippen LogP contribution in [0.3, 0.4) is 0 Å². The van der Waals surface area contributed by atoms with Crippen LogP contribution >= 0.6 is 0 Å². The number of benzene rings is 1. The first kappa shape index (κ1) is 21.1. The number of sulfone groups is 1. The van der Waals surface area contributed by atoms with Gasteiger partial charge in [-0.3, -0.25) is 9.48 Å². The van der Waals surface area contributed by atoms with E-state index in [4.69, 9.17) is 4.74 Å². The first-order chi connectivity index (χ1) is 13.7. The summed E-state index contributed by atoms with van der Waals surface area (Å²) in [6.07, 6.45) is 3.88. The summed E-state index contributed by atoms with van der Waals surface area (Å²) < 4.78 is 30.6. The lowest BCUT2D eigenvalue weighted by Crippen LogP contribution is -2.24. The van der Waals surface area contributed by atoms with Crippen LogP contribution in [0, 0.1) is 13.8 Å². The maximum atomic E-state index is 12.5. The molecule has 1 amide bonds. The van der Waals surface area contributed by atoms with Crippen LogP contribution in [0.25, 0.3) is 6.08 Å². The Labute approximate surface area is 171 Å². The van der Waals surface area contributed by atoms with E-state index in [9.17, 15) is 13.2 Å². The molecule has 0 radical (unpaired) electrons. The number of rotatable bonds is 6. The lowest BCUT2D eigenvalue weighted by atomic mass is 10.1. The third-order valence-corrected chi connectivity index (χ3v) is 7.06. The van der Waals surface area contributed by atoms with Crippen LogP contribution in [0.5, 0.6) is 5.75 Å². The standard InChI is InChI=1S/C21H27N3O4S/c1-15-20(16(2)24(22-15)18-10-11-29(26,27)14-18)13-23(3)21(25)9-8-17-6-5-7-19(12-17)28-4/h5-9,12,18H,10-11,13-14H2,1-4H3/b9-8+/t18-/m1/s1. The van der Waals surface area contributed by atoms with Crippen molar-refractivity contribution in [2.24, 2.45) is 0 Å². The van der Waals surface area contributed by atoms with Crippen molar-refractivity contribution < 1.29 is 17.9 Å². The third-order valence-electron chi connectivity index (χ3n) is 5.31. The highest BCUT2D eigenvalue weighted by Crippen LogP contribution is 2.27. The molecule has 2 aromatic rings. The van der Waals surface area contributed by atoms with E-state index >= 15 is 0 Å². The molecule has 1 aromatic carbocycles. The molecule has 29 heavy (non-hydrogen) atoms. The summed E-state index contributed by atoms with van der Waals surface area (Å²) >= 11 is 0. The molecular formula is C21H27N3O4S. The Morgan fingerprint density at radius 3 is 2.79 bits per heavy atom. The van der Waals surface area contributed by atoms with Gasteiger partial charge in [0.2, 0.25) is 5.91 Å². The lowest BCUT2D eigenvalue weighted by molar-refractivity contribution is -0.125. The lowest BCUT2D eigenvalue weighted by Gasteiger charge is -2.16. The van der Waals surface area contributed by atoms with Crippen molar-refractivity contribution in [3.05, 3.63) is 52.9 Å². The highest BCUT2D eigenvalue weighted by molar-refractivity contribution is 7.91. The number of aromatic nitrogens is 2. The van der Waals surface area contributed by atoms with E-state index in [0.717, 1.165) is 28.3 Å². The minimum absolute atomic E-state index is 0.122. The van der Waals surface area contributed by atoms with Crippen LogP contribution in [-0.4, -0.2) is 54.7 Å². The summed E-state index contributed by atoms with van der Waals surface area (Å²) in [5.74, 6) is 0.953.